The number of hydrogen-bond donors (Lipinski definition) is 2. The van der Waals surface area contributed by atoms with E-state index in [-0.39, 0.29) is 23.6 Å². The van der Waals surface area contributed by atoms with Crippen molar-refractivity contribution in [3.05, 3.63) is 0 Å². The number of nitrogens with one attached hydrogen (secondary N) is 1. The quantitative estimate of drug-likeness (QED) is 0.702. The molecule has 0 fully saturated rings. The second kappa shape index (κ2) is 5.05. The molecule has 0 aliphatic rings. The fraction of sp³-hybridized carbons (Fsp3) is 0.727. The van der Waals surface area contributed by atoms with Crippen LogP contribution in [-0.2, 0) is 4.79 Å². The predicted molar refractivity (Wildman–Crippen MR) is 62.0 cm³/mol. The minimum Gasteiger partial charge on any atom is -0.477 e. The number of hydrogen-bond acceptors (Lipinski definition) is 3. The largest absolute Gasteiger partial charge is 0.477 e. The Morgan fingerprint density at radius 1 is 1.40 bits per heavy atom. The van der Waals surface area contributed by atoms with Crippen molar-refractivity contribution in [1.82, 2.24) is 0 Å². The maximum Gasteiger partial charge on any atom is 0.349 e. The van der Waals surface area contributed by atoms with Gasteiger partial charge in [-0.05, 0) is 26.7 Å². The van der Waals surface area contributed by atoms with Gasteiger partial charge in [0, 0.05) is 12.1 Å². The summed E-state index contributed by atoms with van der Waals surface area (Å²) in [5, 5.41) is 15.9. The molecule has 0 aliphatic heterocycles. The smallest absolute Gasteiger partial charge is 0.349 e. The van der Waals surface area contributed by atoms with Crippen LogP contribution in [0.4, 0.5) is 0 Å². The molecule has 0 rings (SSSR count). The first-order chi connectivity index (χ1) is 6.63. The lowest BCUT2D eigenvalue weighted by Crippen LogP contribution is -2.23. The Labute approximate surface area is 90.9 Å². The number of aliphatic carboxylic acids is 1. The molecule has 86 valence electrons. The zero-order valence-electron chi connectivity index (χ0n) is 10.1. The Balaban J connectivity index is 4.79. The molecule has 0 bridgehead atoms. The molecule has 0 radical (unpaired) electrons. The van der Waals surface area contributed by atoms with Crippen LogP contribution in [0.3, 0.4) is 0 Å². The molecule has 0 aromatic heterocycles. The number of carboxylic acids is 1. The summed E-state index contributed by atoms with van der Waals surface area (Å²) in [5.74, 6) is -0.999. The van der Waals surface area contributed by atoms with Gasteiger partial charge in [0.05, 0.1) is 5.54 Å². The van der Waals surface area contributed by atoms with E-state index in [1.165, 1.54) is 0 Å². The highest BCUT2D eigenvalue weighted by Crippen LogP contribution is 2.12. The number of carboxylic acid groups (broad SMARTS) is 1. The lowest BCUT2D eigenvalue weighted by atomic mass is 10.00. The van der Waals surface area contributed by atoms with Gasteiger partial charge in [0.25, 0.3) is 0 Å². The molecule has 0 aromatic carbocycles. The van der Waals surface area contributed by atoms with Crippen LogP contribution in [0.15, 0.2) is 4.99 Å². The molecule has 4 heteroatoms. The molecule has 0 amide bonds. The highest BCUT2D eigenvalue weighted by molar-refractivity contribution is 6.38. The Hall–Kier alpha value is -1.19. The molecule has 0 saturated heterocycles. The van der Waals surface area contributed by atoms with Crippen molar-refractivity contribution < 1.29 is 9.90 Å². The van der Waals surface area contributed by atoms with E-state index in [1.807, 2.05) is 34.6 Å². The van der Waals surface area contributed by atoms with Gasteiger partial charge < -0.3 is 5.11 Å². The van der Waals surface area contributed by atoms with Crippen LogP contribution >= 0.6 is 0 Å². The zero-order valence-corrected chi connectivity index (χ0v) is 10.1. The third-order valence-corrected chi connectivity index (χ3v) is 1.76. The Morgan fingerprint density at radius 3 is 2.13 bits per heavy atom. The molecule has 0 aliphatic carbocycles. The molecule has 4 nitrogen and oxygen atoms in total. The number of rotatable bonds is 4. The summed E-state index contributed by atoms with van der Waals surface area (Å²) in [6.07, 6.45) is 0.129. The van der Waals surface area contributed by atoms with Gasteiger partial charge in [0.2, 0.25) is 0 Å². The summed E-state index contributed by atoms with van der Waals surface area (Å²) < 4.78 is 0. The van der Waals surface area contributed by atoms with E-state index in [4.69, 9.17) is 10.5 Å². The monoisotopic (exact) mass is 212 g/mol. The minimum absolute atomic E-state index is 0.129. The van der Waals surface area contributed by atoms with Crippen LogP contribution in [0, 0.1) is 11.3 Å². The number of nitrogens with zero attached hydrogens (tertiary/aromatic N) is 1. The lowest BCUT2D eigenvalue weighted by Gasteiger charge is -2.18. The number of aliphatic imine (C=N–C) groups is 1. The van der Waals surface area contributed by atoms with Crippen LogP contribution in [0.5, 0.6) is 0 Å². The van der Waals surface area contributed by atoms with E-state index in [9.17, 15) is 4.79 Å². The topological polar surface area (TPSA) is 73.5 Å². The predicted octanol–water partition coefficient (Wildman–Crippen LogP) is 2.38. The van der Waals surface area contributed by atoms with E-state index in [2.05, 4.69) is 4.99 Å². The van der Waals surface area contributed by atoms with Crippen LogP contribution in [0.1, 0.15) is 41.0 Å². The van der Waals surface area contributed by atoms with Gasteiger partial charge >= 0.3 is 5.97 Å². The molecule has 15 heavy (non-hydrogen) atoms. The van der Waals surface area contributed by atoms with E-state index in [0.717, 1.165) is 5.71 Å². The van der Waals surface area contributed by atoms with Gasteiger partial charge in [-0.15, -0.1) is 0 Å². The Morgan fingerprint density at radius 2 is 1.87 bits per heavy atom. The molecule has 0 heterocycles. The summed E-state index contributed by atoms with van der Waals surface area (Å²) in [4.78, 5) is 15.0. The molecule has 2 N–H and O–H groups in total. The van der Waals surface area contributed by atoms with Gasteiger partial charge in [0.1, 0.15) is 5.71 Å². The molecule has 0 atom stereocenters. The van der Waals surface area contributed by atoms with Gasteiger partial charge in [-0.1, -0.05) is 13.8 Å². The van der Waals surface area contributed by atoms with E-state index in [0.29, 0.717) is 0 Å². The molecular weight excluding hydrogens is 192 g/mol. The van der Waals surface area contributed by atoms with Crippen molar-refractivity contribution in [3.8, 4) is 0 Å². The maximum absolute atomic E-state index is 10.5. The van der Waals surface area contributed by atoms with E-state index in [1.54, 1.807) is 0 Å². The maximum atomic E-state index is 10.5. The van der Waals surface area contributed by atoms with Crippen molar-refractivity contribution >= 4 is 17.4 Å². The van der Waals surface area contributed by atoms with Crippen LogP contribution < -0.4 is 0 Å². The van der Waals surface area contributed by atoms with Crippen molar-refractivity contribution in [2.24, 2.45) is 10.9 Å². The van der Waals surface area contributed by atoms with Gasteiger partial charge in [-0.25, -0.2) is 4.79 Å². The third-order valence-electron chi connectivity index (χ3n) is 1.76. The van der Waals surface area contributed by atoms with E-state index >= 15 is 0 Å². The summed E-state index contributed by atoms with van der Waals surface area (Å²) in [7, 11) is 0. The summed E-state index contributed by atoms with van der Waals surface area (Å²) in [6, 6.07) is 0. The van der Waals surface area contributed by atoms with Gasteiger partial charge in [-0.2, -0.15) is 0 Å². The zero-order chi connectivity index (χ0) is 12.2. The van der Waals surface area contributed by atoms with E-state index < -0.39 is 5.97 Å². The SMILES string of the molecule is CC(C)C(CC(=N)C(=O)O)=NC(C)(C)C. The van der Waals surface area contributed by atoms with Crippen molar-refractivity contribution in [2.75, 3.05) is 0 Å². The fourth-order valence-corrected chi connectivity index (χ4v) is 1.06. The second-order valence-corrected chi connectivity index (χ2v) is 4.89. The second-order valence-electron chi connectivity index (χ2n) is 4.89. The summed E-state index contributed by atoms with van der Waals surface area (Å²) in [5.41, 5.74) is 0.250. The molecule has 0 unspecified atom stereocenters. The Kier molecular flexibility index (Phi) is 4.65. The Bertz CT molecular complexity index is 285. The highest BCUT2D eigenvalue weighted by atomic mass is 16.4. The normalized spacial score (nSPS) is 13.1. The van der Waals surface area contributed by atoms with Crippen LogP contribution in [-0.4, -0.2) is 28.0 Å². The van der Waals surface area contributed by atoms with Crippen LogP contribution in [0.25, 0.3) is 0 Å². The number of carbonyl (C=O) groups is 1. The molecule has 0 aromatic rings. The summed E-state index contributed by atoms with van der Waals surface area (Å²) in [6.45, 7) is 9.79. The fourth-order valence-electron chi connectivity index (χ4n) is 1.06. The van der Waals surface area contributed by atoms with Crippen molar-refractivity contribution in [1.29, 1.82) is 5.41 Å². The third kappa shape index (κ3) is 5.99. The highest BCUT2D eigenvalue weighted by Gasteiger charge is 2.17. The first-order valence-corrected chi connectivity index (χ1v) is 5.03. The first kappa shape index (κ1) is 13.8. The first-order valence-electron chi connectivity index (χ1n) is 5.03. The van der Waals surface area contributed by atoms with Crippen LogP contribution in [0.2, 0.25) is 0 Å². The lowest BCUT2D eigenvalue weighted by molar-refractivity contribution is -0.129. The molecule has 0 spiro atoms. The van der Waals surface area contributed by atoms with Crippen molar-refractivity contribution in [2.45, 2.75) is 46.6 Å². The average molecular weight is 212 g/mol. The molecular formula is C11H20N2O2. The van der Waals surface area contributed by atoms with Crippen molar-refractivity contribution in [3.63, 3.8) is 0 Å². The summed E-state index contributed by atoms with van der Waals surface area (Å²) >= 11 is 0. The molecule has 0 saturated carbocycles. The van der Waals surface area contributed by atoms with Gasteiger partial charge in [-0.3, -0.25) is 10.4 Å². The average Bonchev–Trinajstić information content (AvgIpc) is 1.99. The standard InChI is InChI=1S/C11H20N2O2/c1-7(2)9(13-11(3,4)5)6-8(12)10(14)15/h7,12H,6H2,1-5H3,(H,14,15). The van der Waals surface area contributed by atoms with Gasteiger partial charge in [0.15, 0.2) is 0 Å². The minimum atomic E-state index is -1.17.